The van der Waals surface area contributed by atoms with Crippen LogP contribution in [-0.2, 0) is 16.1 Å². The quantitative estimate of drug-likeness (QED) is 0.705. The van der Waals surface area contributed by atoms with Crippen LogP contribution < -0.4 is 0 Å². The maximum atomic E-state index is 11.4. The van der Waals surface area contributed by atoms with Gasteiger partial charge in [0.05, 0.1) is 6.42 Å². The molecule has 0 N–H and O–H groups in total. The van der Waals surface area contributed by atoms with Crippen molar-refractivity contribution in [2.24, 2.45) is 5.41 Å². The van der Waals surface area contributed by atoms with Gasteiger partial charge in [-0.25, -0.2) is 0 Å². The van der Waals surface area contributed by atoms with Gasteiger partial charge in [0.2, 0.25) is 0 Å². The van der Waals surface area contributed by atoms with E-state index >= 15 is 0 Å². The molecule has 1 fully saturated rings. The summed E-state index contributed by atoms with van der Waals surface area (Å²) in [6.07, 6.45) is 2.89. The summed E-state index contributed by atoms with van der Waals surface area (Å²) in [7, 11) is 0. The number of carbonyl (C=O) groups is 1. The van der Waals surface area contributed by atoms with Gasteiger partial charge in [-0.1, -0.05) is 37.3 Å². The van der Waals surface area contributed by atoms with Crippen molar-refractivity contribution >= 4 is 5.97 Å². The van der Waals surface area contributed by atoms with Crippen molar-refractivity contribution in [3.05, 3.63) is 35.9 Å². The first-order valence-electron chi connectivity index (χ1n) is 5.38. The maximum absolute atomic E-state index is 11.4. The monoisotopic (exact) mass is 204 g/mol. The fourth-order valence-electron chi connectivity index (χ4n) is 1.53. The van der Waals surface area contributed by atoms with Gasteiger partial charge in [-0.05, 0) is 23.8 Å². The van der Waals surface area contributed by atoms with Crippen LogP contribution in [-0.4, -0.2) is 5.97 Å². The summed E-state index contributed by atoms with van der Waals surface area (Å²) in [4.78, 5) is 11.4. The average molecular weight is 204 g/mol. The molecule has 2 rings (SSSR count). The number of hydrogen-bond acceptors (Lipinski definition) is 2. The van der Waals surface area contributed by atoms with Crippen LogP contribution in [0.3, 0.4) is 0 Å². The first-order chi connectivity index (χ1) is 7.18. The molecule has 0 heterocycles. The highest BCUT2D eigenvalue weighted by atomic mass is 16.5. The lowest BCUT2D eigenvalue weighted by atomic mass is 10.1. The van der Waals surface area contributed by atoms with Gasteiger partial charge in [-0.3, -0.25) is 4.79 Å². The Kier molecular flexibility index (Phi) is 2.76. The van der Waals surface area contributed by atoms with Crippen LogP contribution in [0.5, 0.6) is 0 Å². The standard InChI is InChI=1S/C13H16O2/c1-13(7-8-13)9-12(14)15-10-11-5-3-2-4-6-11/h2-6H,7-10H2,1H3. The van der Waals surface area contributed by atoms with Crippen molar-refractivity contribution in [2.75, 3.05) is 0 Å². The molecular formula is C13H16O2. The minimum Gasteiger partial charge on any atom is -0.461 e. The minimum absolute atomic E-state index is 0.0705. The molecule has 0 aliphatic heterocycles. The third-order valence-electron chi connectivity index (χ3n) is 2.92. The molecule has 0 bridgehead atoms. The van der Waals surface area contributed by atoms with Gasteiger partial charge >= 0.3 is 5.97 Å². The highest BCUT2D eigenvalue weighted by Crippen LogP contribution is 2.48. The predicted octanol–water partition coefficient (Wildman–Crippen LogP) is 2.92. The fourth-order valence-corrected chi connectivity index (χ4v) is 1.53. The van der Waals surface area contributed by atoms with Crippen LogP contribution in [0.4, 0.5) is 0 Å². The molecule has 0 aromatic heterocycles. The summed E-state index contributed by atoms with van der Waals surface area (Å²) < 4.78 is 5.21. The molecule has 80 valence electrons. The lowest BCUT2D eigenvalue weighted by Crippen LogP contribution is -2.09. The van der Waals surface area contributed by atoms with Crippen molar-refractivity contribution in [3.8, 4) is 0 Å². The van der Waals surface area contributed by atoms with Crippen LogP contribution in [0.25, 0.3) is 0 Å². The molecule has 1 aliphatic carbocycles. The van der Waals surface area contributed by atoms with E-state index in [0.29, 0.717) is 13.0 Å². The Balaban J connectivity index is 1.76. The number of carbonyl (C=O) groups excluding carboxylic acids is 1. The highest BCUT2D eigenvalue weighted by molar-refractivity contribution is 5.70. The Morgan fingerprint density at radius 1 is 1.33 bits per heavy atom. The number of rotatable bonds is 4. The van der Waals surface area contributed by atoms with Crippen LogP contribution >= 0.6 is 0 Å². The Hall–Kier alpha value is -1.31. The van der Waals surface area contributed by atoms with Crippen molar-refractivity contribution in [2.45, 2.75) is 32.8 Å². The van der Waals surface area contributed by atoms with Gasteiger partial charge < -0.3 is 4.74 Å². The SMILES string of the molecule is CC1(CC(=O)OCc2ccccc2)CC1. The number of hydrogen-bond donors (Lipinski definition) is 0. The van der Waals surface area contributed by atoms with E-state index in [9.17, 15) is 4.79 Å². The summed E-state index contributed by atoms with van der Waals surface area (Å²) in [5.41, 5.74) is 1.29. The van der Waals surface area contributed by atoms with Crippen molar-refractivity contribution in [3.63, 3.8) is 0 Å². The van der Waals surface area contributed by atoms with Crippen LogP contribution in [0.15, 0.2) is 30.3 Å². The predicted molar refractivity (Wildman–Crippen MR) is 58.2 cm³/mol. The van der Waals surface area contributed by atoms with E-state index in [1.807, 2.05) is 30.3 Å². The molecule has 0 radical (unpaired) electrons. The molecule has 0 unspecified atom stereocenters. The molecule has 2 nitrogen and oxygen atoms in total. The van der Waals surface area contributed by atoms with E-state index in [-0.39, 0.29) is 11.4 Å². The van der Waals surface area contributed by atoms with Gasteiger partial charge in [0.25, 0.3) is 0 Å². The van der Waals surface area contributed by atoms with Gasteiger partial charge in [0, 0.05) is 0 Å². The summed E-state index contributed by atoms with van der Waals surface area (Å²) in [6, 6.07) is 9.78. The summed E-state index contributed by atoms with van der Waals surface area (Å²) in [5.74, 6) is -0.0705. The number of ether oxygens (including phenoxy) is 1. The normalized spacial score (nSPS) is 17.1. The molecule has 0 amide bonds. The highest BCUT2D eigenvalue weighted by Gasteiger charge is 2.39. The van der Waals surface area contributed by atoms with E-state index in [4.69, 9.17) is 4.74 Å². The lowest BCUT2D eigenvalue weighted by molar-refractivity contribution is -0.146. The third kappa shape index (κ3) is 3.08. The topological polar surface area (TPSA) is 26.3 Å². The first-order valence-corrected chi connectivity index (χ1v) is 5.38. The Morgan fingerprint density at radius 2 is 2.00 bits per heavy atom. The smallest absolute Gasteiger partial charge is 0.306 e. The molecule has 15 heavy (non-hydrogen) atoms. The largest absolute Gasteiger partial charge is 0.461 e. The molecule has 0 spiro atoms. The molecular weight excluding hydrogens is 188 g/mol. The van der Waals surface area contributed by atoms with E-state index < -0.39 is 0 Å². The van der Waals surface area contributed by atoms with Crippen LogP contribution in [0.2, 0.25) is 0 Å². The third-order valence-corrected chi connectivity index (χ3v) is 2.92. The number of benzene rings is 1. The van der Waals surface area contributed by atoms with Crippen LogP contribution in [0, 0.1) is 5.41 Å². The maximum Gasteiger partial charge on any atom is 0.306 e. The second-order valence-corrected chi connectivity index (χ2v) is 4.63. The zero-order chi connectivity index (χ0) is 10.7. The fraction of sp³-hybridized carbons (Fsp3) is 0.462. The van der Waals surface area contributed by atoms with E-state index in [2.05, 4.69) is 6.92 Å². The number of esters is 1. The van der Waals surface area contributed by atoms with Crippen molar-refractivity contribution in [1.29, 1.82) is 0 Å². The summed E-state index contributed by atoms with van der Waals surface area (Å²) in [6.45, 7) is 2.53. The Bertz CT molecular complexity index is 339. The summed E-state index contributed by atoms with van der Waals surface area (Å²) >= 11 is 0. The molecule has 0 saturated heterocycles. The zero-order valence-electron chi connectivity index (χ0n) is 9.03. The molecule has 1 saturated carbocycles. The first kappa shape index (κ1) is 10.2. The Labute approximate surface area is 90.3 Å². The molecule has 1 aromatic rings. The van der Waals surface area contributed by atoms with Gasteiger partial charge in [0.15, 0.2) is 0 Å². The second-order valence-electron chi connectivity index (χ2n) is 4.63. The van der Waals surface area contributed by atoms with Crippen molar-refractivity contribution < 1.29 is 9.53 Å². The molecule has 1 aliphatic rings. The van der Waals surface area contributed by atoms with Gasteiger partial charge in [-0.2, -0.15) is 0 Å². The molecule has 2 heteroatoms. The lowest BCUT2D eigenvalue weighted by Gasteiger charge is -2.08. The van der Waals surface area contributed by atoms with Crippen LogP contribution in [0.1, 0.15) is 31.7 Å². The van der Waals surface area contributed by atoms with E-state index in [1.54, 1.807) is 0 Å². The molecule has 0 atom stereocenters. The summed E-state index contributed by atoms with van der Waals surface area (Å²) in [5, 5.41) is 0. The zero-order valence-corrected chi connectivity index (χ0v) is 9.03. The minimum atomic E-state index is -0.0705. The van der Waals surface area contributed by atoms with E-state index in [0.717, 1.165) is 18.4 Å². The van der Waals surface area contributed by atoms with Gasteiger partial charge in [0.1, 0.15) is 6.61 Å². The second kappa shape index (κ2) is 4.05. The molecule has 1 aromatic carbocycles. The van der Waals surface area contributed by atoms with Crippen molar-refractivity contribution in [1.82, 2.24) is 0 Å². The van der Waals surface area contributed by atoms with Gasteiger partial charge in [-0.15, -0.1) is 0 Å². The van der Waals surface area contributed by atoms with E-state index in [1.165, 1.54) is 0 Å². The average Bonchev–Trinajstić information content (AvgIpc) is 2.95. The Morgan fingerprint density at radius 3 is 2.60 bits per heavy atom.